The molecule has 1 amide bonds. The summed E-state index contributed by atoms with van der Waals surface area (Å²) in [7, 11) is 0. The summed E-state index contributed by atoms with van der Waals surface area (Å²) in [6.07, 6.45) is -17.0. The van der Waals surface area contributed by atoms with Gasteiger partial charge in [0.15, 0.2) is 0 Å². The molecule has 0 bridgehead atoms. The van der Waals surface area contributed by atoms with E-state index in [2.05, 4.69) is 15.4 Å². The zero-order chi connectivity index (χ0) is 35.3. The van der Waals surface area contributed by atoms with Crippen LogP contribution in [0.4, 0.5) is 44.3 Å². The van der Waals surface area contributed by atoms with Crippen LogP contribution in [0.3, 0.4) is 0 Å². The number of alkyl carbamates (subject to hydrolysis) is 1. The third kappa shape index (κ3) is 9.27. The molecule has 3 aromatic carbocycles. The molecule has 48 heavy (non-hydrogen) atoms. The van der Waals surface area contributed by atoms with Crippen molar-refractivity contribution >= 4 is 18.0 Å². The van der Waals surface area contributed by atoms with Crippen LogP contribution < -0.4 is 10.6 Å². The maximum Gasteiger partial charge on any atom is 0.491 e. The molecule has 0 heterocycles. The quantitative estimate of drug-likeness (QED) is 0.0936. The molecule has 7 nitrogen and oxygen atoms in total. The van der Waals surface area contributed by atoms with Crippen LogP contribution in [0.5, 0.6) is 0 Å². The number of benzene rings is 3. The fourth-order valence-electron chi connectivity index (χ4n) is 5.20. The number of ether oxygens (including phenoxy) is 2. The molecule has 1 atom stereocenters. The van der Waals surface area contributed by atoms with Crippen LogP contribution in [-0.2, 0) is 38.0 Å². The van der Waals surface area contributed by atoms with E-state index in [-0.39, 0.29) is 50.0 Å². The first-order chi connectivity index (χ1) is 22.4. The molecule has 0 fully saturated rings. The minimum atomic E-state index is -5.50. The number of halogens is 9. The second kappa shape index (κ2) is 14.7. The Morgan fingerprint density at radius 1 is 0.750 bits per heavy atom. The van der Waals surface area contributed by atoms with Gasteiger partial charge in [0.1, 0.15) is 12.6 Å². The van der Waals surface area contributed by atoms with E-state index in [1.54, 1.807) is 12.1 Å². The van der Waals surface area contributed by atoms with Gasteiger partial charge in [0, 0.05) is 12.5 Å². The van der Waals surface area contributed by atoms with E-state index in [9.17, 15) is 53.9 Å². The number of rotatable bonds is 11. The van der Waals surface area contributed by atoms with Crippen LogP contribution in [0.25, 0.3) is 11.1 Å². The number of nitrogens with one attached hydrogen (secondary N) is 2. The second-order valence-electron chi connectivity index (χ2n) is 10.8. The summed E-state index contributed by atoms with van der Waals surface area (Å²) in [6, 6.07) is 14.1. The van der Waals surface area contributed by atoms with Crippen molar-refractivity contribution in [3.05, 3.63) is 94.5 Å². The predicted octanol–water partition coefficient (Wildman–Crippen LogP) is 7.52. The first kappa shape index (κ1) is 36.2. The van der Waals surface area contributed by atoms with Crippen LogP contribution in [-0.4, -0.2) is 43.4 Å². The maximum absolute atomic E-state index is 13.1. The van der Waals surface area contributed by atoms with Gasteiger partial charge in [0.2, 0.25) is 0 Å². The highest BCUT2D eigenvalue weighted by Crippen LogP contribution is 2.44. The molecular formula is C32H27F9N2O5. The molecule has 0 radical (unpaired) electrons. The number of alkyl halides is 9. The monoisotopic (exact) mass is 690 g/mol. The Labute approximate surface area is 267 Å². The highest BCUT2D eigenvalue weighted by molar-refractivity contribution is 5.92. The molecule has 258 valence electrons. The summed E-state index contributed by atoms with van der Waals surface area (Å²) in [5.41, 5.74) is 0.317. The van der Waals surface area contributed by atoms with Crippen molar-refractivity contribution in [3.63, 3.8) is 0 Å². The van der Waals surface area contributed by atoms with Crippen LogP contribution in [0.1, 0.15) is 53.0 Å². The lowest BCUT2D eigenvalue weighted by Crippen LogP contribution is -2.44. The summed E-state index contributed by atoms with van der Waals surface area (Å²) < 4.78 is 126. The molecule has 3 aromatic rings. The summed E-state index contributed by atoms with van der Waals surface area (Å²) in [5, 5.41) is 4.77. The summed E-state index contributed by atoms with van der Waals surface area (Å²) in [5.74, 6) is -4.88. The normalized spacial score (nSPS) is 13.8. The summed E-state index contributed by atoms with van der Waals surface area (Å²) in [6.45, 7) is -0.596. The Kier molecular flexibility index (Phi) is 11.1. The topological polar surface area (TPSA) is 93.7 Å². The van der Waals surface area contributed by atoms with Gasteiger partial charge in [0.25, 0.3) is 0 Å². The molecule has 2 N–H and O–H groups in total. The van der Waals surface area contributed by atoms with Gasteiger partial charge >= 0.3 is 36.6 Å². The van der Waals surface area contributed by atoms with Gasteiger partial charge in [-0.1, -0.05) is 48.5 Å². The first-order valence-corrected chi connectivity index (χ1v) is 14.4. The molecule has 16 heteroatoms. The molecule has 0 aromatic heterocycles. The van der Waals surface area contributed by atoms with Gasteiger partial charge in [-0.15, -0.1) is 0 Å². The fraction of sp³-hybridized carbons (Fsp3) is 0.344. The van der Waals surface area contributed by atoms with E-state index in [4.69, 9.17) is 4.74 Å². The SMILES string of the molecule is O=C(N[C@@H](CCCCNCc1cc(C(F)(F)F)cc(C(F)(F)F)c1)C(=O)OC(=O)C(F)(F)F)OCC1c2ccccc2-c2ccccc21. The van der Waals surface area contributed by atoms with Gasteiger partial charge in [-0.2, -0.15) is 39.5 Å². The first-order valence-electron chi connectivity index (χ1n) is 14.4. The highest BCUT2D eigenvalue weighted by Gasteiger charge is 2.43. The van der Waals surface area contributed by atoms with Crippen molar-refractivity contribution in [2.24, 2.45) is 0 Å². The van der Waals surface area contributed by atoms with Gasteiger partial charge < -0.3 is 20.1 Å². The van der Waals surface area contributed by atoms with Gasteiger partial charge in [-0.25, -0.2) is 14.4 Å². The Balaban J connectivity index is 1.34. The summed E-state index contributed by atoms with van der Waals surface area (Å²) >= 11 is 0. The standard InChI is InChI=1S/C32H27F9N2O5/c33-30(34,35)19-13-18(14-20(15-19)31(36,37)38)16-42-12-6-5-11-26(27(44)48-28(45)32(39,40)41)43-29(46)47-17-25-23-9-3-1-7-21(23)22-8-2-4-10-24(22)25/h1-4,7-10,13-15,25-26,42H,5-6,11-12,16-17H2,(H,43,46)/t26-/m0/s1. The van der Waals surface area contributed by atoms with Gasteiger partial charge in [-0.3, -0.25) is 0 Å². The van der Waals surface area contributed by atoms with E-state index in [0.29, 0.717) is 12.1 Å². The average molecular weight is 691 g/mol. The number of carbonyl (C=O) groups excluding carboxylic acids is 3. The molecule has 0 unspecified atom stereocenters. The Morgan fingerprint density at radius 3 is 1.81 bits per heavy atom. The minimum absolute atomic E-state index is 0.00414. The lowest BCUT2D eigenvalue weighted by atomic mass is 9.98. The number of fused-ring (bicyclic) bond motifs is 3. The third-order valence-corrected chi connectivity index (χ3v) is 7.42. The van der Waals surface area contributed by atoms with E-state index < -0.39 is 60.3 Å². The Morgan fingerprint density at radius 2 is 1.29 bits per heavy atom. The van der Waals surface area contributed by atoms with Crippen LogP contribution >= 0.6 is 0 Å². The largest absolute Gasteiger partial charge is 0.491 e. The number of esters is 2. The molecular weight excluding hydrogens is 663 g/mol. The molecule has 0 spiro atoms. The van der Waals surface area contributed by atoms with Gasteiger partial charge in [0.05, 0.1) is 11.1 Å². The van der Waals surface area contributed by atoms with Crippen molar-refractivity contribution in [2.45, 2.75) is 56.3 Å². The molecule has 0 saturated carbocycles. The van der Waals surface area contributed by atoms with Crippen molar-refractivity contribution in [1.29, 1.82) is 0 Å². The highest BCUT2D eigenvalue weighted by atomic mass is 19.4. The number of hydrogen-bond acceptors (Lipinski definition) is 6. The number of amides is 1. The van der Waals surface area contributed by atoms with Crippen LogP contribution in [0.15, 0.2) is 66.7 Å². The zero-order valence-electron chi connectivity index (χ0n) is 24.7. The lowest BCUT2D eigenvalue weighted by Gasteiger charge is -2.19. The number of hydrogen-bond donors (Lipinski definition) is 2. The third-order valence-electron chi connectivity index (χ3n) is 7.42. The molecule has 0 aliphatic heterocycles. The Bertz CT molecular complexity index is 1560. The van der Waals surface area contributed by atoms with E-state index >= 15 is 0 Å². The average Bonchev–Trinajstić information content (AvgIpc) is 3.33. The Hall–Kier alpha value is -4.60. The van der Waals surface area contributed by atoms with Crippen LogP contribution in [0.2, 0.25) is 0 Å². The van der Waals surface area contributed by atoms with Crippen molar-refractivity contribution in [1.82, 2.24) is 10.6 Å². The molecule has 1 aliphatic carbocycles. The van der Waals surface area contributed by atoms with Crippen molar-refractivity contribution < 1.29 is 63.4 Å². The van der Waals surface area contributed by atoms with E-state index in [0.717, 1.165) is 22.3 Å². The smallest absolute Gasteiger partial charge is 0.449 e. The van der Waals surface area contributed by atoms with Crippen LogP contribution in [0, 0.1) is 0 Å². The van der Waals surface area contributed by atoms with Gasteiger partial charge in [-0.05, 0) is 71.8 Å². The second-order valence-corrected chi connectivity index (χ2v) is 10.8. The molecule has 0 saturated heterocycles. The summed E-state index contributed by atoms with van der Waals surface area (Å²) in [4.78, 5) is 36.4. The number of carbonyl (C=O) groups is 3. The fourth-order valence-corrected chi connectivity index (χ4v) is 5.20. The lowest BCUT2D eigenvalue weighted by molar-refractivity contribution is -0.202. The van der Waals surface area contributed by atoms with Crippen molar-refractivity contribution in [3.8, 4) is 11.1 Å². The molecule has 4 rings (SSSR count). The van der Waals surface area contributed by atoms with Crippen molar-refractivity contribution in [2.75, 3.05) is 13.2 Å². The minimum Gasteiger partial charge on any atom is -0.449 e. The van der Waals surface area contributed by atoms with E-state index in [1.807, 2.05) is 36.4 Å². The predicted molar refractivity (Wildman–Crippen MR) is 151 cm³/mol. The number of unbranched alkanes of at least 4 members (excludes halogenated alkanes) is 1. The molecule has 1 aliphatic rings. The van der Waals surface area contributed by atoms with E-state index in [1.165, 1.54) is 0 Å². The zero-order valence-corrected chi connectivity index (χ0v) is 24.7. The maximum atomic E-state index is 13.1.